The van der Waals surface area contributed by atoms with Crippen molar-refractivity contribution < 1.29 is 19.5 Å². The molecule has 0 aliphatic rings. The molecule has 0 atom stereocenters. The van der Waals surface area contributed by atoms with Crippen LogP contribution in [0, 0.1) is 10.8 Å². The Morgan fingerprint density at radius 1 is 0.861 bits per heavy atom. The number of carboxylic acids is 1. The van der Waals surface area contributed by atoms with Crippen LogP contribution in [0.2, 0.25) is 0 Å². The number of amides is 2. The first-order valence-electron chi connectivity index (χ1n) is 11.5. The Labute approximate surface area is 210 Å². The van der Waals surface area contributed by atoms with E-state index >= 15 is 0 Å². The largest absolute Gasteiger partial charge is 0.478 e. The highest BCUT2D eigenvalue weighted by atomic mass is 16.4. The molecule has 0 fully saturated rings. The fourth-order valence-corrected chi connectivity index (χ4v) is 3.60. The van der Waals surface area contributed by atoms with Gasteiger partial charge in [0.15, 0.2) is 0 Å². The maximum absolute atomic E-state index is 13.1. The van der Waals surface area contributed by atoms with E-state index in [-0.39, 0.29) is 33.8 Å². The lowest BCUT2D eigenvalue weighted by Gasteiger charge is -2.18. The quantitative estimate of drug-likeness (QED) is 0.230. The van der Waals surface area contributed by atoms with Crippen molar-refractivity contribution in [1.29, 1.82) is 5.41 Å². The predicted octanol–water partition coefficient (Wildman–Crippen LogP) is 4.75. The van der Waals surface area contributed by atoms with Gasteiger partial charge in [-0.3, -0.25) is 15.0 Å². The van der Waals surface area contributed by atoms with Gasteiger partial charge in [0.2, 0.25) is 0 Å². The average Bonchev–Trinajstić information content (AvgIpc) is 2.83. The molecule has 36 heavy (non-hydrogen) atoms. The molecule has 0 aliphatic heterocycles. The van der Waals surface area contributed by atoms with E-state index in [4.69, 9.17) is 11.1 Å². The summed E-state index contributed by atoms with van der Waals surface area (Å²) in [4.78, 5) is 37.8. The van der Waals surface area contributed by atoms with E-state index in [2.05, 4.69) is 31.4 Å². The standard InChI is InChI=1S/C28H30N4O4/c1-28(2,3)14-15-31-25(33)18-10-13-21(23(16-18)27(35)36)20-6-4-5-7-22(20)26(34)32-19-11-8-17(9-12-19)24(29)30/h4-13,16H,14-15H2,1-3H3,(H3,29,30)(H,31,33)(H,32,34)(H,35,36). The first-order valence-corrected chi connectivity index (χ1v) is 11.5. The average molecular weight is 487 g/mol. The molecule has 0 radical (unpaired) electrons. The number of aromatic carboxylic acids is 1. The summed E-state index contributed by atoms with van der Waals surface area (Å²) in [5.41, 5.74) is 7.74. The van der Waals surface area contributed by atoms with Gasteiger partial charge in [0, 0.05) is 28.9 Å². The Morgan fingerprint density at radius 2 is 1.47 bits per heavy atom. The highest BCUT2D eigenvalue weighted by Crippen LogP contribution is 2.29. The van der Waals surface area contributed by atoms with Crippen molar-refractivity contribution in [2.45, 2.75) is 27.2 Å². The molecular formula is C28H30N4O4. The molecule has 8 nitrogen and oxygen atoms in total. The molecule has 0 saturated heterocycles. The molecule has 3 rings (SSSR count). The van der Waals surface area contributed by atoms with Gasteiger partial charge < -0.3 is 21.5 Å². The number of hydrogen-bond acceptors (Lipinski definition) is 4. The summed E-state index contributed by atoms with van der Waals surface area (Å²) in [6.45, 7) is 6.70. The number of nitrogen functional groups attached to an aromatic ring is 1. The molecule has 2 amide bonds. The van der Waals surface area contributed by atoms with Gasteiger partial charge in [-0.25, -0.2) is 4.79 Å². The maximum atomic E-state index is 13.1. The fourth-order valence-electron chi connectivity index (χ4n) is 3.60. The monoisotopic (exact) mass is 486 g/mol. The van der Waals surface area contributed by atoms with Crippen LogP contribution in [0.1, 0.15) is 63.8 Å². The summed E-state index contributed by atoms with van der Waals surface area (Å²) >= 11 is 0. The van der Waals surface area contributed by atoms with Crippen LogP contribution in [0.4, 0.5) is 5.69 Å². The third-order valence-electron chi connectivity index (χ3n) is 5.59. The molecule has 186 valence electrons. The molecule has 0 spiro atoms. The van der Waals surface area contributed by atoms with Gasteiger partial charge in [-0.1, -0.05) is 45.0 Å². The van der Waals surface area contributed by atoms with Crippen LogP contribution in [0.25, 0.3) is 11.1 Å². The van der Waals surface area contributed by atoms with E-state index < -0.39 is 11.9 Å². The van der Waals surface area contributed by atoms with Crippen LogP contribution in [-0.2, 0) is 0 Å². The van der Waals surface area contributed by atoms with Gasteiger partial charge >= 0.3 is 5.97 Å². The minimum absolute atomic E-state index is 0.0586. The molecule has 0 aliphatic carbocycles. The number of benzene rings is 3. The summed E-state index contributed by atoms with van der Waals surface area (Å²) in [5, 5.41) is 23.0. The summed E-state index contributed by atoms with van der Waals surface area (Å²) in [5.74, 6) is -2.06. The zero-order valence-corrected chi connectivity index (χ0v) is 20.5. The van der Waals surface area contributed by atoms with Crippen LogP contribution >= 0.6 is 0 Å². The van der Waals surface area contributed by atoms with E-state index in [0.717, 1.165) is 6.42 Å². The Hall–Kier alpha value is -4.46. The topological polar surface area (TPSA) is 145 Å². The van der Waals surface area contributed by atoms with Gasteiger partial charge in [0.1, 0.15) is 5.84 Å². The summed E-state index contributed by atoms with van der Waals surface area (Å²) in [6.07, 6.45) is 0.780. The first kappa shape index (κ1) is 26.2. The van der Waals surface area contributed by atoms with Crippen LogP contribution in [-0.4, -0.2) is 35.3 Å². The second-order valence-electron chi connectivity index (χ2n) is 9.62. The van der Waals surface area contributed by atoms with Crippen LogP contribution < -0.4 is 16.4 Å². The van der Waals surface area contributed by atoms with Crippen molar-refractivity contribution in [1.82, 2.24) is 5.32 Å². The van der Waals surface area contributed by atoms with Crippen LogP contribution in [0.15, 0.2) is 66.7 Å². The molecule has 0 unspecified atom stereocenters. The van der Waals surface area contributed by atoms with E-state index in [1.54, 1.807) is 60.7 Å². The summed E-state index contributed by atoms with van der Waals surface area (Å²) in [6, 6.07) is 17.6. The minimum atomic E-state index is -1.20. The smallest absolute Gasteiger partial charge is 0.336 e. The summed E-state index contributed by atoms with van der Waals surface area (Å²) < 4.78 is 0. The fraction of sp³-hybridized carbons (Fsp3) is 0.214. The lowest BCUT2D eigenvalue weighted by molar-refractivity contribution is 0.0697. The number of carbonyl (C=O) groups is 3. The van der Waals surface area contributed by atoms with E-state index in [1.807, 2.05) is 0 Å². The number of hydrogen-bond donors (Lipinski definition) is 5. The van der Waals surface area contributed by atoms with Gasteiger partial charge in [-0.05, 0) is 65.4 Å². The molecule has 0 heterocycles. The Balaban J connectivity index is 1.89. The van der Waals surface area contributed by atoms with Crippen molar-refractivity contribution in [2.24, 2.45) is 11.1 Å². The highest BCUT2D eigenvalue weighted by molar-refractivity contribution is 6.11. The maximum Gasteiger partial charge on any atom is 0.336 e. The molecule has 8 heteroatoms. The number of nitrogens with two attached hydrogens (primary N) is 1. The van der Waals surface area contributed by atoms with E-state index in [9.17, 15) is 19.5 Å². The minimum Gasteiger partial charge on any atom is -0.478 e. The van der Waals surface area contributed by atoms with Gasteiger partial charge in [0.25, 0.3) is 11.8 Å². The molecule has 3 aromatic rings. The molecular weight excluding hydrogens is 456 g/mol. The van der Waals surface area contributed by atoms with E-state index in [1.165, 1.54) is 6.07 Å². The molecule has 3 aromatic carbocycles. The number of nitrogens with one attached hydrogen (secondary N) is 3. The Bertz CT molecular complexity index is 1310. The van der Waals surface area contributed by atoms with Crippen molar-refractivity contribution in [2.75, 3.05) is 11.9 Å². The number of anilines is 1. The van der Waals surface area contributed by atoms with Crippen LogP contribution in [0.3, 0.4) is 0 Å². The third kappa shape index (κ3) is 6.56. The van der Waals surface area contributed by atoms with Crippen molar-refractivity contribution >= 4 is 29.3 Å². The Morgan fingerprint density at radius 3 is 2.08 bits per heavy atom. The second kappa shape index (κ2) is 10.9. The van der Waals surface area contributed by atoms with E-state index in [0.29, 0.717) is 28.9 Å². The van der Waals surface area contributed by atoms with Crippen molar-refractivity contribution in [3.63, 3.8) is 0 Å². The third-order valence-corrected chi connectivity index (χ3v) is 5.59. The number of carboxylic acid groups (broad SMARTS) is 1. The van der Waals surface area contributed by atoms with Gasteiger partial charge in [-0.2, -0.15) is 0 Å². The SMILES string of the molecule is CC(C)(C)CCNC(=O)c1ccc(-c2ccccc2C(=O)Nc2ccc(C(=N)N)cc2)c(C(=O)O)c1. The number of rotatable bonds is 8. The van der Waals surface area contributed by atoms with Gasteiger partial charge in [-0.15, -0.1) is 0 Å². The van der Waals surface area contributed by atoms with Crippen molar-refractivity contribution in [3.05, 3.63) is 89.0 Å². The first-order chi connectivity index (χ1) is 17.0. The molecule has 0 bridgehead atoms. The number of carbonyl (C=O) groups excluding carboxylic acids is 2. The molecule has 0 aromatic heterocycles. The summed E-state index contributed by atoms with van der Waals surface area (Å²) in [7, 11) is 0. The van der Waals surface area contributed by atoms with Crippen LogP contribution in [0.5, 0.6) is 0 Å². The van der Waals surface area contributed by atoms with Crippen molar-refractivity contribution in [3.8, 4) is 11.1 Å². The lowest BCUT2D eigenvalue weighted by atomic mass is 9.92. The van der Waals surface area contributed by atoms with Gasteiger partial charge in [0.05, 0.1) is 5.56 Å². The Kier molecular flexibility index (Phi) is 7.89. The number of amidine groups is 1. The predicted molar refractivity (Wildman–Crippen MR) is 141 cm³/mol. The second-order valence-corrected chi connectivity index (χ2v) is 9.62. The lowest BCUT2D eigenvalue weighted by Crippen LogP contribution is -2.27. The zero-order valence-electron chi connectivity index (χ0n) is 20.5. The zero-order chi connectivity index (χ0) is 26.5. The molecule has 6 N–H and O–H groups in total. The molecule has 0 saturated carbocycles. The normalized spacial score (nSPS) is 11.0. The highest BCUT2D eigenvalue weighted by Gasteiger charge is 2.20.